The van der Waals surface area contributed by atoms with Gasteiger partial charge in [-0.25, -0.2) is 18.0 Å². The van der Waals surface area contributed by atoms with E-state index in [9.17, 15) is 18.0 Å². The van der Waals surface area contributed by atoms with Crippen LogP contribution in [-0.2, 0) is 21.4 Å². The summed E-state index contributed by atoms with van der Waals surface area (Å²) in [5, 5.41) is 0.727. The van der Waals surface area contributed by atoms with Gasteiger partial charge in [-0.1, -0.05) is 20.3 Å². The van der Waals surface area contributed by atoms with Gasteiger partial charge < -0.3 is 9.15 Å². The van der Waals surface area contributed by atoms with Gasteiger partial charge in [-0.05, 0) is 73.2 Å². The molecule has 0 radical (unpaired) electrons. The number of carbonyl (C=O) groups excluding carboxylic acids is 1. The highest BCUT2D eigenvalue weighted by atomic mass is 32.2. The third kappa shape index (κ3) is 4.93. The van der Waals surface area contributed by atoms with Gasteiger partial charge >= 0.3 is 11.6 Å². The molecule has 0 unspecified atom stereocenters. The van der Waals surface area contributed by atoms with Gasteiger partial charge in [0.1, 0.15) is 12.2 Å². The molecular weight excluding hydrogens is 454 g/mol. The second-order valence-electron chi connectivity index (χ2n) is 9.02. The molecule has 0 N–H and O–H groups in total. The Labute approximate surface area is 199 Å². The van der Waals surface area contributed by atoms with Gasteiger partial charge in [0.25, 0.3) is 0 Å². The topological polar surface area (TPSA) is 93.9 Å². The minimum absolute atomic E-state index is 0.102. The number of sulfonamides is 1. The van der Waals surface area contributed by atoms with Gasteiger partial charge in [0, 0.05) is 30.1 Å². The van der Waals surface area contributed by atoms with E-state index in [0.717, 1.165) is 35.8 Å². The van der Waals surface area contributed by atoms with E-state index in [-0.39, 0.29) is 23.0 Å². The molecule has 0 aliphatic carbocycles. The summed E-state index contributed by atoms with van der Waals surface area (Å²) in [6.45, 7) is 7.07. The molecule has 1 aliphatic rings. The average Bonchev–Trinajstić information content (AvgIpc) is 2.82. The number of benzene rings is 2. The van der Waals surface area contributed by atoms with Crippen LogP contribution in [0.25, 0.3) is 11.0 Å². The maximum atomic E-state index is 12.8. The highest BCUT2D eigenvalue weighted by Gasteiger charge is 2.26. The molecule has 3 aromatic rings. The van der Waals surface area contributed by atoms with Crippen molar-refractivity contribution in [1.82, 2.24) is 4.31 Å². The second-order valence-corrected chi connectivity index (χ2v) is 11.0. The van der Waals surface area contributed by atoms with Gasteiger partial charge in [-0.2, -0.15) is 4.31 Å². The largest absolute Gasteiger partial charge is 0.457 e. The van der Waals surface area contributed by atoms with E-state index in [2.05, 4.69) is 13.8 Å². The Balaban J connectivity index is 1.53. The molecule has 0 atom stereocenters. The molecule has 7 nitrogen and oxygen atoms in total. The molecule has 2 heterocycles. The van der Waals surface area contributed by atoms with Crippen LogP contribution < -0.4 is 5.63 Å². The van der Waals surface area contributed by atoms with Crippen LogP contribution in [-0.4, -0.2) is 31.8 Å². The number of ether oxygens (including phenoxy) is 1. The summed E-state index contributed by atoms with van der Waals surface area (Å²) >= 11 is 0. The van der Waals surface area contributed by atoms with Crippen molar-refractivity contribution >= 4 is 27.0 Å². The summed E-state index contributed by atoms with van der Waals surface area (Å²) in [6, 6.07) is 10.9. The fraction of sp³-hybridized carbons (Fsp3) is 0.385. The highest BCUT2D eigenvalue weighted by Crippen LogP contribution is 2.27. The number of esters is 1. The summed E-state index contributed by atoms with van der Waals surface area (Å²) in [5.74, 6) is -0.314. The van der Waals surface area contributed by atoms with Crippen molar-refractivity contribution in [3.8, 4) is 0 Å². The Bertz CT molecular complexity index is 1370. The van der Waals surface area contributed by atoms with Crippen molar-refractivity contribution < 1.29 is 22.4 Å². The zero-order valence-electron chi connectivity index (χ0n) is 19.7. The van der Waals surface area contributed by atoms with Crippen molar-refractivity contribution in [2.24, 2.45) is 0 Å². The number of piperidine rings is 1. The highest BCUT2D eigenvalue weighted by molar-refractivity contribution is 7.89. The summed E-state index contributed by atoms with van der Waals surface area (Å²) in [6.07, 6.45) is 2.75. The van der Waals surface area contributed by atoms with E-state index in [0.29, 0.717) is 24.2 Å². The monoisotopic (exact) mass is 483 g/mol. The molecule has 2 aromatic carbocycles. The molecule has 0 spiro atoms. The van der Waals surface area contributed by atoms with E-state index < -0.39 is 21.6 Å². The first-order valence-corrected chi connectivity index (χ1v) is 13.0. The van der Waals surface area contributed by atoms with E-state index in [4.69, 9.17) is 9.15 Å². The van der Waals surface area contributed by atoms with Crippen molar-refractivity contribution in [2.45, 2.75) is 57.5 Å². The van der Waals surface area contributed by atoms with Gasteiger partial charge in [-0.15, -0.1) is 0 Å². The van der Waals surface area contributed by atoms with E-state index in [1.165, 1.54) is 34.6 Å². The fourth-order valence-electron chi connectivity index (χ4n) is 4.38. The van der Waals surface area contributed by atoms with Crippen LogP contribution in [0.4, 0.5) is 0 Å². The lowest BCUT2D eigenvalue weighted by Crippen LogP contribution is -2.35. The number of hydrogen-bond acceptors (Lipinski definition) is 6. The summed E-state index contributed by atoms with van der Waals surface area (Å²) in [7, 11) is -3.57. The number of aryl methyl sites for hydroxylation is 1. The van der Waals surface area contributed by atoms with Gasteiger partial charge in [-0.3, -0.25) is 0 Å². The molecule has 1 fully saturated rings. The van der Waals surface area contributed by atoms with Crippen molar-refractivity contribution in [2.75, 3.05) is 13.1 Å². The molecule has 0 saturated carbocycles. The Morgan fingerprint density at radius 2 is 1.74 bits per heavy atom. The van der Waals surface area contributed by atoms with E-state index >= 15 is 0 Å². The minimum atomic E-state index is -3.57. The standard InChI is InChI=1S/C26H29NO6S/c1-17(2)22-15-23-20(14-25(28)33-24(23)13-18(22)3)16-32-26(29)19-7-9-21(10-8-19)34(30,31)27-11-5-4-6-12-27/h7-10,13-15,17H,4-6,11-12,16H2,1-3H3. The predicted molar refractivity (Wildman–Crippen MR) is 129 cm³/mol. The molecule has 1 aliphatic heterocycles. The molecule has 4 rings (SSSR count). The zero-order chi connectivity index (χ0) is 24.5. The Morgan fingerprint density at radius 3 is 2.38 bits per heavy atom. The number of hydrogen-bond donors (Lipinski definition) is 0. The molecule has 8 heteroatoms. The lowest BCUT2D eigenvalue weighted by Gasteiger charge is -2.25. The summed E-state index contributed by atoms with van der Waals surface area (Å²) in [5.41, 5.74) is 2.89. The van der Waals surface area contributed by atoms with Gasteiger partial charge in [0.05, 0.1) is 10.5 Å². The molecule has 1 aromatic heterocycles. The first-order valence-electron chi connectivity index (χ1n) is 11.5. The Kier molecular flexibility index (Phi) is 6.91. The summed E-state index contributed by atoms with van der Waals surface area (Å²) < 4.78 is 37.9. The lowest BCUT2D eigenvalue weighted by atomic mass is 9.95. The molecule has 1 saturated heterocycles. The normalized spacial score (nSPS) is 15.1. The number of rotatable bonds is 6. The third-order valence-corrected chi connectivity index (χ3v) is 8.15. The smallest absolute Gasteiger partial charge is 0.338 e. The number of nitrogens with zero attached hydrogens (tertiary/aromatic N) is 1. The van der Waals surface area contributed by atoms with Crippen molar-refractivity contribution in [3.05, 3.63) is 75.1 Å². The SMILES string of the molecule is Cc1cc2oc(=O)cc(COC(=O)c3ccc(S(=O)(=O)N4CCCCC4)cc3)c2cc1C(C)C. The van der Waals surface area contributed by atoms with Crippen LogP contribution in [0.15, 0.2) is 56.6 Å². The predicted octanol–water partition coefficient (Wildman–Crippen LogP) is 4.76. The van der Waals surface area contributed by atoms with Crippen LogP contribution in [0.5, 0.6) is 0 Å². The van der Waals surface area contributed by atoms with Crippen molar-refractivity contribution in [1.29, 1.82) is 0 Å². The molecule has 34 heavy (non-hydrogen) atoms. The Morgan fingerprint density at radius 1 is 1.06 bits per heavy atom. The maximum absolute atomic E-state index is 12.8. The maximum Gasteiger partial charge on any atom is 0.338 e. The van der Waals surface area contributed by atoms with Crippen LogP contribution in [0, 0.1) is 6.92 Å². The first kappa shape index (κ1) is 24.2. The Hall–Kier alpha value is -2.97. The van der Waals surface area contributed by atoms with E-state index in [1.54, 1.807) is 0 Å². The average molecular weight is 484 g/mol. The van der Waals surface area contributed by atoms with Gasteiger partial charge in [0.2, 0.25) is 10.0 Å². The molecule has 0 amide bonds. The van der Waals surface area contributed by atoms with Crippen LogP contribution in [0.3, 0.4) is 0 Å². The molecular formula is C26H29NO6S. The molecule has 180 valence electrons. The first-order chi connectivity index (χ1) is 16.2. The van der Waals surface area contributed by atoms with Crippen LogP contribution in [0.2, 0.25) is 0 Å². The number of fused-ring (bicyclic) bond motifs is 1. The van der Waals surface area contributed by atoms with Crippen LogP contribution >= 0.6 is 0 Å². The number of carbonyl (C=O) groups is 1. The van der Waals surface area contributed by atoms with E-state index in [1.807, 2.05) is 19.1 Å². The minimum Gasteiger partial charge on any atom is -0.457 e. The summed E-state index contributed by atoms with van der Waals surface area (Å²) in [4.78, 5) is 24.9. The van der Waals surface area contributed by atoms with Gasteiger partial charge in [0.15, 0.2) is 0 Å². The quantitative estimate of drug-likeness (QED) is 0.371. The lowest BCUT2D eigenvalue weighted by molar-refractivity contribution is 0.0473. The second kappa shape index (κ2) is 9.72. The van der Waals surface area contributed by atoms with Crippen molar-refractivity contribution in [3.63, 3.8) is 0 Å². The zero-order valence-corrected chi connectivity index (χ0v) is 20.5. The molecule has 0 bridgehead atoms. The van der Waals surface area contributed by atoms with Crippen LogP contribution in [0.1, 0.15) is 66.1 Å². The fourth-order valence-corrected chi connectivity index (χ4v) is 5.89. The third-order valence-electron chi connectivity index (χ3n) is 6.24.